The molecule has 0 saturated heterocycles. The summed E-state index contributed by atoms with van der Waals surface area (Å²) in [6.07, 6.45) is -0.618. The highest BCUT2D eigenvalue weighted by molar-refractivity contribution is 7.46. The molecular weight excluding hydrogens is 253 g/mol. The van der Waals surface area contributed by atoms with Gasteiger partial charge in [-0.15, -0.1) is 0 Å². The second-order valence-electron chi connectivity index (χ2n) is 5.41. The second-order valence-corrected chi connectivity index (χ2v) is 6.61. The number of likely N-dealkylation sites (N-methyl/N-ethyl adjacent to an activating group) is 1. The molecule has 102 valence electrons. The molecule has 2 N–H and O–H groups in total. The van der Waals surface area contributed by atoms with Crippen LogP contribution in [0.15, 0.2) is 24.3 Å². The maximum atomic E-state index is 11.1. The van der Waals surface area contributed by atoms with Crippen LogP contribution in [-0.4, -0.2) is 42.0 Å². The Balaban J connectivity index is 3.05. The number of aryl methyl sites for hydroxylation is 1. The number of quaternary nitrogens is 1. The third kappa shape index (κ3) is 5.29. The number of rotatable bonds is 5. The summed E-state index contributed by atoms with van der Waals surface area (Å²) < 4.78 is 16.6. The first-order chi connectivity index (χ1) is 8.08. The lowest BCUT2D eigenvalue weighted by atomic mass is 10.0. The molecule has 1 rings (SSSR count). The van der Waals surface area contributed by atoms with E-state index < -0.39 is 13.9 Å². The molecule has 5 nitrogen and oxygen atoms in total. The van der Waals surface area contributed by atoms with Crippen LogP contribution in [0.4, 0.5) is 0 Å². The minimum Gasteiger partial charge on any atom is -0.328 e. The zero-order valence-electron chi connectivity index (χ0n) is 11.2. The van der Waals surface area contributed by atoms with E-state index in [9.17, 15) is 4.57 Å². The summed E-state index contributed by atoms with van der Waals surface area (Å²) >= 11 is 0. The zero-order valence-corrected chi connectivity index (χ0v) is 12.1. The minimum absolute atomic E-state index is 0.482. The van der Waals surface area contributed by atoms with Crippen molar-refractivity contribution >= 4 is 7.82 Å². The maximum Gasteiger partial charge on any atom is 0.470 e. The van der Waals surface area contributed by atoms with Gasteiger partial charge in [0.25, 0.3) is 0 Å². The molecule has 1 unspecified atom stereocenters. The van der Waals surface area contributed by atoms with Crippen molar-refractivity contribution in [1.29, 1.82) is 0 Å². The van der Waals surface area contributed by atoms with Crippen molar-refractivity contribution < 1.29 is 23.4 Å². The fourth-order valence-electron chi connectivity index (χ4n) is 1.80. The number of hydrogen-bond donors (Lipinski definition) is 2. The van der Waals surface area contributed by atoms with Gasteiger partial charge in [0.05, 0.1) is 21.1 Å². The van der Waals surface area contributed by atoms with Gasteiger partial charge in [-0.25, -0.2) is 4.57 Å². The van der Waals surface area contributed by atoms with Crippen LogP contribution in [0.25, 0.3) is 0 Å². The molecule has 0 amide bonds. The predicted octanol–water partition coefficient (Wildman–Crippen LogP) is 1.85. The molecule has 18 heavy (non-hydrogen) atoms. The molecule has 0 fully saturated rings. The van der Waals surface area contributed by atoms with E-state index >= 15 is 0 Å². The van der Waals surface area contributed by atoms with Crippen LogP contribution in [-0.2, 0) is 9.09 Å². The van der Waals surface area contributed by atoms with Crippen LogP contribution in [0.1, 0.15) is 17.2 Å². The molecule has 0 bridgehead atoms. The number of hydrogen-bond acceptors (Lipinski definition) is 2. The van der Waals surface area contributed by atoms with Crippen molar-refractivity contribution in [2.75, 3.05) is 27.7 Å². The molecule has 0 spiro atoms. The van der Waals surface area contributed by atoms with E-state index in [1.54, 1.807) is 0 Å². The van der Waals surface area contributed by atoms with E-state index in [1.807, 2.05) is 52.3 Å². The summed E-state index contributed by atoms with van der Waals surface area (Å²) in [6, 6.07) is 7.47. The molecule has 1 aromatic carbocycles. The van der Waals surface area contributed by atoms with Crippen molar-refractivity contribution in [3.8, 4) is 0 Å². The van der Waals surface area contributed by atoms with Gasteiger partial charge in [0.1, 0.15) is 12.6 Å². The van der Waals surface area contributed by atoms with Gasteiger partial charge < -0.3 is 14.3 Å². The summed E-state index contributed by atoms with van der Waals surface area (Å²) in [5.74, 6) is 0. The molecule has 6 heteroatoms. The van der Waals surface area contributed by atoms with Crippen molar-refractivity contribution in [1.82, 2.24) is 0 Å². The summed E-state index contributed by atoms with van der Waals surface area (Å²) in [5.41, 5.74) is 1.78. The van der Waals surface area contributed by atoms with Crippen LogP contribution < -0.4 is 0 Å². The van der Waals surface area contributed by atoms with Gasteiger partial charge in [0, 0.05) is 0 Å². The lowest BCUT2D eigenvalue weighted by molar-refractivity contribution is -0.874. The SMILES string of the molecule is Cc1ccccc1C(C[N+](C)(C)C)OP(=O)(O)O. The maximum absolute atomic E-state index is 11.1. The van der Waals surface area contributed by atoms with Crippen molar-refractivity contribution in [2.45, 2.75) is 13.0 Å². The first-order valence-corrected chi connectivity index (χ1v) is 7.21. The van der Waals surface area contributed by atoms with E-state index in [-0.39, 0.29) is 0 Å². The average molecular weight is 274 g/mol. The Bertz CT molecular complexity index is 450. The Morgan fingerprint density at radius 3 is 2.28 bits per heavy atom. The predicted molar refractivity (Wildman–Crippen MR) is 69.9 cm³/mol. The van der Waals surface area contributed by atoms with Gasteiger partial charge >= 0.3 is 7.82 Å². The summed E-state index contributed by atoms with van der Waals surface area (Å²) in [5, 5.41) is 0. The fourth-order valence-corrected chi connectivity index (χ4v) is 2.31. The molecule has 1 aromatic rings. The lowest BCUT2D eigenvalue weighted by Crippen LogP contribution is -2.39. The van der Waals surface area contributed by atoms with Gasteiger partial charge in [0.15, 0.2) is 0 Å². The molecule has 0 aliphatic carbocycles. The number of nitrogens with zero attached hydrogens (tertiary/aromatic N) is 1. The van der Waals surface area contributed by atoms with E-state index in [2.05, 4.69) is 0 Å². The fraction of sp³-hybridized carbons (Fsp3) is 0.500. The van der Waals surface area contributed by atoms with Gasteiger partial charge in [-0.3, -0.25) is 4.52 Å². The third-order valence-corrected chi connectivity index (χ3v) is 3.04. The van der Waals surface area contributed by atoms with Crippen molar-refractivity contribution in [3.63, 3.8) is 0 Å². The molecule has 0 saturated carbocycles. The van der Waals surface area contributed by atoms with Gasteiger partial charge in [-0.1, -0.05) is 24.3 Å². The minimum atomic E-state index is -4.50. The Hall–Kier alpha value is -0.710. The first kappa shape index (κ1) is 15.3. The Morgan fingerprint density at radius 2 is 1.83 bits per heavy atom. The highest BCUT2D eigenvalue weighted by Crippen LogP contribution is 2.43. The summed E-state index contributed by atoms with van der Waals surface area (Å²) in [6.45, 7) is 2.39. The highest BCUT2D eigenvalue weighted by atomic mass is 31.2. The van der Waals surface area contributed by atoms with Gasteiger partial charge in [0.2, 0.25) is 0 Å². The second kappa shape index (κ2) is 5.51. The molecule has 0 heterocycles. The number of phosphoric acid groups is 1. The van der Waals surface area contributed by atoms with Crippen LogP contribution in [0.5, 0.6) is 0 Å². The third-order valence-electron chi connectivity index (χ3n) is 2.51. The van der Waals surface area contributed by atoms with Gasteiger partial charge in [-0.2, -0.15) is 0 Å². The number of phosphoric ester groups is 1. The Labute approximate surface area is 108 Å². The van der Waals surface area contributed by atoms with Crippen LogP contribution in [0, 0.1) is 6.92 Å². The van der Waals surface area contributed by atoms with E-state index in [4.69, 9.17) is 14.3 Å². The normalized spacial score (nSPS) is 14.6. The standard InChI is InChI=1S/C12H20NO4P/c1-10-7-5-6-8-11(10)12(9-13(2,3)4)17-18(14,15)16/h5-8,12H,9H2,1-4H3,(H-,14,15,16)/p+1. The van der Waals surface area contributed by atoms with Crippen LogP contribution in [0.2, 0.25) is 0 Å². The summed E-state index contributed by atoms with van der Waals surface area (Å²) in [4.78, 5) is 18.0. The Morgan fingerprint density at radius 1 is 1.28 bits per heavy atom. The Kier molecular flexibility index (Phi) is 4.70. The smallest absolute Gasteiger partial charge is 0.328 e. The van der Waals surface area contributed by atoms with Crippen molar-refractivity contribution in [3.05, 3.63) is 35.4 Å². The quantitative estimate of drug-likeness (QED) is 0.635. The molecule has 0 aliphatic heterocycles. The first-order valence-electron chi connectivity index (χ1n) is 5.68. The monoisotopic (exact) mass is 274 g/mol. The van der Waals surface area contributed by atoms with E-state index in [0.717, 1.165) is 11.1 Å². The number of benzene rings is 1. The van der Waals surface area contributed by atoms with Crippen LogP contribution in [0.3, 0.4) is 0 Å². The molecule has 0 aromatic heterocycles. The lowest BCUT2D eigenvalue weighted by Gasteiger charge is -2.30. The highest BCUT2D eigenvalue weighted by Gasteiger charge is 2.29. The zero-order chi connectivity index (χ0) is 14.0. The van der Waals surface area contributed by atoms with E-state index in [0.29, 0.717) is 11.0 Å². The van der Waals surface area contributed by atoms with Crippen LogP contribution >= 0.6 is 7.82 Å². The van der Waals surface area contributed by atoms with E-state index in [1.165, 1.54) is 0 Å². The van der Waals surface area contributed by atoms with Gasteiger partial charge in [-0.05, 0) is 18.1 Å². The molecule has 0 aliphatic rings. The molecular formula is C12H21NO4P+. The topological polar surface area (TPSA) is 66.8 Å². The summed E-state index contributed by atoms with van der Waals surface area (Å²) in [7, 11) is 1.35. The van der Waals surface area contributed by atoms with Crippen molar-refractivity contribution in [2.24, 2.45) is 0 Å². The molecule has 1 atom stereocenters. The molecule has 0 radical (unpaired) electrons. The largest absolute Gasteiger partial charge is 0.470 e. The average Bonchev–Trinajstić information content (AvgIpc) is 2.12.